The molecule has 3 rings (SSSR count). The number of nitrogens with zero attached hydrogens (tertiary/aromatic N) is 2. The van der Waals surface area contributed by atoms with Crippen molar-refractivity contribution >= 4 is 28.7 Å². The van der Waals surface area contributed by atoms with Crippen molar-refractivity contribution in [3.63, 3.8) is 0 Å². The van der Waals surface area contributed by atoms with Crippen LogP contribution < -0.4 is 10.2 Å². The molecule has 2 aromatic carbocycles. The van der Waals surface area contributed by atoms with Crippen molar-refractivity contribution in [2.24, 2.45) is 0 Å². The fourth-order valence-electron chi connectivity index (χ4n) is 3.39. The van der Waals surface area contributed by atoms with Crippen molar-refractivity contribution in [2.75, 3.05) is 37.5 Å². The van der Waals surface area contributed by atoms with Gasteiger partial charge in [0.25, 0.3) is 0 Å². The van der Waals surface area contributed by atoms with Gasteiger partial charge in [-0.2, -0.15) is 0 Å². The molecule has 0 unspecified atom stereocenters. The minimum absolute atomic E-state index is 0.251. The lowest BCUT2D eigenvalue weighted by Crippen LogP contribution is -2.39. The van der Waals surface area contributed by atoms with Gasteiger partial charge in [-0.3, -0.25) is 0 Å². The summed E-state index contributed by atoms with van der Waals surface area (Å²) < 4.78 is 5.87. The van der Waals surface area contributed by atoms with E-state index in [2.05, 4.69) is 85.5 Å². The van der Waals surface area contributed by atoms with E-state index in [4.69, 9.17) is 17.0 Å². The molecule has 0 bridgehead atoms. The zero-order valence-electron chi connectivity index (χ0n) is 17.4. The Bertz CT molecular complexity index is 798. The molecule has 1 atom stereocenters. The number of nitrogens with one attached hydrogen (secondary N) is 1. The number of rotatable bonds is 6. The molecule has 0 aromatic heterocycles. The predicted octanol–water partition coefficient (Wildman–Crippen LogP) is 4.75. The minimum Gasteiger partial charge on any atom is -0.378 e. The first-order chi connectivity index (χ1) is 13.4. The SMILES string of the molecule is Cc1ccc(NC(=S)N(Cc2ccc(N(C)C)cc2)C[C@@H]2CCCO2)cc1C. The lowest BCUT2D eigenvalue weighted by atomic mass is 10.1. The van der Waals surface area contributed by atoms with Crippen molar-refractivity contribution in [1.29, 1.82) is 0 Å². The molecule has 0 spiro atoms. The molecule has 1 saturated heterocycles. The second-order valence-corrected chi connectivity index (χ2v) is 8.19. The zero-order valence-corrected chi connectivity index (χ0v) is 18.2. The summed E-state index contributed by atoms with van der Waals surface area (Å²) in [5.74, 6) is 0. The second-order valence-electron chi connectivity index (χ2n) is 7.81. The van der Waals surface area contributed by atoms with Gasteiger partial charge in [-0.1, -0.05) is 18.2 Å². The van der Waals surface area contributed by atoms with E-state index in [1.54, 1.807) is 0 Å². The molecule has 0 amide bonds. The van der Waals surface area contributed by atoms with Gasteiger partial charge in [-0.05, 0) is 79.9 Å². The Morgan fingerprint density at radius 1 is 1.11 bits per heavy atom. The molecule has 150 valence electrons. The first-order valence-electron chi connectivity index (χ1n) is 9.93. The van der Waals surface area contributed by atoms with Crippen LogP contribution in [0, 0.1) is 13.8 Å². The van der Waals surface area contributed by atoms with Gasteiger partial charge in [0.2, 0.25) is 0 Å². The van der Waals surface area contributed by atoms with Gasteiger partial charge in [-0.15, -0.1) is 0 Å². The van der Waals surface area contributed by atoms with Gasteiger partial charge in [0.15, 0.2) is 5.11 Å². The average Bonchev–Trinajstić information content (AvgIpc) is 3.18. The van der Waals surface area contributed by atoms with E-state index in [9.17, 15) is 0 Å². The highest BCUT2D eigenvalue weighted by atomic mass is 32.1. The van der Waals surface area contributed by atoms with E-state index in [-0.39, 0.29) is 6.10 Å². The van der Waals surface area contributed by atoms with Gasteiger partial charge < -0.3 is 19.9 Å². The summed E-state index contributed by atoms with van der Waals surface area (Å²) in [4.78, 5) is 4.34. The van der Waals surface area contributed by atoms with Crippen LogP contribution in [0.1, 0.15) is 29.5 Å². The molecule has 1 heterocycles. The number of benzene rings is 2. The highest BCUT2D eigenvalue weighted by molar-refractivity contribution is 7.80. The van der Waals surface area contributed by atoms with Gasteiger partial charge in [0.05, 0.1) is 6.10 Å². The Morgan fingerprint density at radius 3 is 2.46 bits per heavy atom. The molecule has 1 N–H and O–H groups in total. The summed E-state index contributed by atoms with van der Waals surface area (Å²) in [6.07, 6.45) is 2.48. The Labute approximate surface area is 174 Å². The third-order valence-electron chi connectivity index (χ3n) is 5.32. The average molecular weight is 398 g/mol. The smallest absolute Gasteiger partial charge is 0.173 e. The lowest BCUT2D eigenvalue weighted by molar-refractivity contribution is 0.0905. The van der Waals surface area contributed by atoms with E-state index >= 15 is 0 Å². The number of anilines is 2. The number of aryl methyl sites for hydroxylation is 2. The first kappa shape index (κ1) is 20.6. The van der Waals surface area contributed by atoms with E-state index in [0.717, 1.165) is 43.3 Å². The molecular formula is C23H31N3OS. The zero-order chi connectivity index (χ0) is 20.1. The summed E-state index contributed by atoms with van der Waals surface area (Å²) in [6, 6.07) is 15.0. The monoisotopic (exact) mass is 397 g/mol. The molecule has 0 radical (unpaired) electrons. The van der Waals surface area contributed by atoms with Crippen LogP contribution in [-0.4, -0.2) is 43.4 Å². The molecule has 5 heteroatoms. The van der Waals surface area contributed by atoms with Gasteiger partial charge in [0, 0.05) is 45.2 Å². The highest BCUT2D eigenvalue weighted by Gasteiger charge is 2.21. The maximum Gasteiger partial charge on any atom is 0.173 e. The fourth-order valence-corrected chi connectivity index (χ4v) is 3.65. The molecule has 28 heavy (non-hydrogen) atoms. The third-order valence-corrected chi connectivity index (χ3v) is 5.68. The molecule has 2 aromatic rings. The van der Waals surface area contributed by atoms with Gasteiger partial charge in [0.1, 0.15) is 0 Å². The summed E-state index contributed by atoms with van der Waals surface area (Å²) in [5.41, 5.74) is 6.03. The van der Waals surface area contributed by atoms with Crippen LogP contribution in [0.3, 0.4) is 0 Å². The van der Waals surface area contributed by atoms with Crippen molar-refractivity contribution in [3.05, 3.63) is 59.2 Å². The van der Waals surface area contributed by atoms with Crippen LogP contribution >= 0.6 is 12.2 Å². The first-order valence-corrected chi connectivity index (χ1v) is 10.3. The Hall–Kier alpha value is -2.11. The fraction of sp³-hybridized carbons (Fsp3) is 0.435. The van der Waals surface area contributed by atoms with E-state index < -0.39 is 0 Å². The maximum atomic E-state index is 5.87. The Balaban J connectivity index is 1.73. The van der Waals surface area contributed by atoms with Crippen LogP contribution in [0.25, 0.3) is 0 Å². The normalized spacial score (nSPS) is 16.1. The lowest BCUT2D eigenvalue weighted by Gasteiger charge is -2.28. The van der Waals surface area contributed by atoms with Crippen molar-refractivity contribution in [1.82, 2.24) is 4.90 Å². The largest absolute Gasteiger partial charge is 0.378 e. The number of thiocarbonyl (C=S) groups is 1. The topological polar surface area (TPSA) is 27.7 Å². The molecule has 1 fully saturated rings. The van der Waals surface area contributed by atoms with Crippen LogP contribution in [0.15, 0.2) is 42.5 Å². The minimum atomic E-state index is 0.251. The summed E-state index contributed by atoms with van der Waals surface area (Å²) in [5, 5.41) is 4.17. The van der Waals surface area contributed by atoms with Crippen LogP contribution in [-0.2, 0) is 11.3 Å². The molecular weight excluding hydrogens is 366 g/mol. The predicted molar refractivity (Wildman–Crippen MR) is 122 cm³/mol. The maximum absolute atomic E-state index is 5.87. The number of hydrogen-bond acceptors (Lipinski definition) is 3. The standard InChI is InChI=1S/C23H31N3OS/c1-17-7-10-20(14-18(17)2)24-23(28)26(16-22-6-5-13-27-22)15-19-8-11-21(12-9-19)25(3)4/h7-12,14,22H,5-6,13,15-16H2,1-4H3,(H,24,28)/t22-/m0/s1. The van der Waals surface area contributed by atoms with Crippen LogP contribution in [0.2, 0.25) is 0 Å². The summed E-state index contributed by atoms with van der Waals surface area (Å²) in [6.45, 7) is 6.68. The second kappa shape index (κ2) is 9.39. The summed E-state index contributed by atoms with van der Waals surface area (Å²) >= 11 is 5.79. The molecule has 4 nitrogen and oxygen atoms in total. The van der Waals surface area contributed by atoms with Crippen molar-refractivity contribution in [2.45, 2.75) is 39.3 Å². The van der Waals surface area contributed by atoms with Crippen LogP contribution in [0.4, 0.5) is 11.4 Å². The molecule has 0 saturated carbocycles. The molecule has 0 aliphatic carbocycles. The van der Waals surface area contributed by atoms with Crippen molar-refractivity contribution in [3.8, 4) is 0 Å². The third kappa shape index (κ3) is 5.46. The number of ether oxygens (including phenoxy) is 1. The van der Waals surface area contributed by atoms with Crippen molar-refractivity contribution < 1.29 is 4.74 Å². The quantitative estimate of drug-likeness (QED) is 0.710. The Morgan fingerprint density at radius 2 is 1.86 bits per heavy atom. The highest BCUT2D eigenvalue weighted by Crippen LogP contribution is 2.19. The summed E-state index contributed by atoms with van der Waals surface area (Å²) in [7, 11) is 4.11. The molecule has 1 aliphatic heterocycles. The van der Waals surface area contributed by atoms with E-state index in [1.165, 1.54) is 22.4 Å². The van der Waals surface area contributed by atoms with Gasteiger partial charge in [-0.25, -0.2) is 0 Å². The van der Waals surface area contributed by atoms with Crippen LogP contribution in [0.5, 0.6) is 0 Å². The van der Waals surface area contributed by atoms with E-state index in [0.29, 0.717) is 0 Å². The van der Waals surface area contributed by atoms with Gasteiger partial charge >= 0.3 is 0 Å². The Kier molecular flexibility index (Phi) is 6.92. The van der Waals surface area contributed by atoms with E-state index in [1.807, 2.05) is 0 Å². The number of hydrogen-bond donors (Lipinski definition) is 1. The molecule has 1 aliphatic rings.